The quantitative estimate of drug-likeness (QED) is 0.620. The Bertz CT molecular complexity index is 820. The van der Waals surface area contributed by atoms with E-state index < -0.39 is 11.9 Å². The lowest BCUT2D eigenvalue weighted by molar-refractivity contribution is -0.134. The number of fused-ring (bicyclic) bond motifs is 1. The fourth-order valence-electron chi connectivity index (χ4n) is 3.55. The molecule has 3 N–H and O–H groups in total. The topological polar surface area (TPSA) is 89.9 Å². The number of carboxylic acid groups (broad SMARTS) is 2. The Kier molecular flexibility index (Phi) is 8.83. The summed E-state index contributed by atoms with van der Waals surface area (Å²) in [5.41, 5.74) is 1.46. The number of carbonyl (C=O) groups is 2. The average Bonchev–Trinajstić information content (AvgIpc) is 3.21. The van der Waals surface area contributed by atoms with Crippen LogP contribution in [0.1, 0.15) is 25.8 Å². The van der Waals surface area contributed by atoms with Crippen molar-refractivity contribution in [3.05, 3.63) is 60.2 Å². The minimum Gasteiger partial charge on any atom is -0.478 e. The van der Waals surface area contributed by atoms with E-state index in [9.17, 15) is 9.59 Å². The van der Waals surface area contributed by atoms with E-state index in [4.69, 9.17) is 10.2 Å². The molecule has 6 heteroatoms. The van der Waals surface area contributed by atoms with Gasteiger partial charge in [-0.1, -0.05) is 56.3 Å². The Morgan fingerprint density at radius 2 is 1.76 bits per heavy atom. The number of nitrogens with one attached hydrogen (secondary N) is 1. The summed E-state index contributed by atoms with van der Waals surface area (Å²) in [5.74, 6) is -1.81. The first kappa shape index (κ1) is 22.6. The molecule has 0 unspecified atom stereocenters. The number of aliphatic carboxylic acids is 2. The summed E-state index contributed by atoms with van der Waals surface area (Å²) in [5, 5.41) is 21.9. The Balaban J connectivity index is 0.000000321. The first-order valence-corrected chi connectivity index (χ1v) is 9.92. The van der Waals surface area contributed by atoms with Gasteiger partial charge in [0.1, 0.15) is 0 Å². The van der Waals surface area contributed by atoms with E-state index >= 15 is 0 Å². The zero-order chi connectivity index (χ0) is 21.2. The molecule has 1 atom stereocenters. The summed E-state index contributed by atoms with van der Waals surface area (Å²) in [6, 6.07) is 16.1. The standard InChI is InChI=1S/C19H26N2.C4H4O4/c1-15(2)13-21(18-10-11-20-12-18)14-17-8-5-7-16-6-3-4-9-19(16)17;5-3(6)1-2-4(7)8/h3-9,15,18,20H,10-14H2,1-2H3;1-2H,(H,5,6)(H,7,8)/t18-;/m0./s1. The second kappa shape index (κ2) is 11.3. The van der Waals surface area contributed by atoms with Crippen LogP contribution in [0.4, 0.5) is 0 Å². The summed E-state index contributed by atoms with van der Waals surface area (Å²) in [4.78, 5) is 21.8. The van der Waals surface area contributed by atoms with E-state index in [1.165, 1.54) is 29.3 Å². The minimum atomic E-state index is -1.26. The summed E-state index contributed by atoms with van der Waals surface area (Å²) < 4.78 is 0. The molecule has 2 aromatic carbocycles. The lowest BCUT2D eigenvalue weighted by Gasteiger charge is -2.30. The normalized spacial score (nSPS) is 16.3. The van der Waals surface area contributed by atoms with Crippen LogP contribution in [0.3, 0.4) is 0 Å². The van der Waals surface area contributed by atoms with Gasteiger partial charge in [-0.3, -0.25) is 4.90 Å². The molecule has 1 saturated heterocycles. The minimum absolute atomic E-state index is 0.558. The van der Waals surface area contributed by atoms with Gasteiger partial charge in [0.05, 0.1) is 0 Å². The maximum absolute atomic E-state index is 9.55. The molecule has 0 radical (unpaired) electrons. The highest BCUT2D eigenvalue weighted by atomic mass is 16.4. The van der Waals surface area contributed by atoms with Gasteiger partial charge in [0.2, 0.25) is 0 Å². The van der Waals surface area contributed by atoms with Crippen molar-refractivity contribution in [3.8, 4) is 0 Å². The highest BCUT2D eigenvalue weighted by Gasteiger charge is 2.23. The van der Waals surface area contributed by atoms with Gasteiger partial charge in [-0.05, 0) is 35.2 Å². The van der Waals surface area contributed by atoms with Gasteiger partial charge < -0.3 is 15.5 Å². The maximum Gasteiger partial charge on any atom is 0.328 e. The molecule has 1 aliphatic heterocycles. The summed E-state index contributed by atoms with van der Waals surface area (Å²) >= 11 is 0. The van der Waals surface area contributed by atoms with Crippen molar-refractivity contribution in [1.29, 1.82) is 0 Å². The third-order valence-corrected chi connectivity index (χ3v) is 4.77. The van der Waals surface area contributed by atoms with Crippen molar-refractivity contribution in [2.24, 2.45) is 5.92 Å². The number of rotatable bonds is 7. The average molecular weight is 399 g/mol. The van der Waals surface area contributed by atoms with Gasteiger partial charge in [-0.15, -0.1) is 0 Å². The molecule has 0 amide bonds. The lowest BCUT2D eigenvalue weighted by Crippen LogP contribution is -2.38. The van der Waals surface area contributed by atoms with Crippen LogP contribution in [0, 0.1) is 5.92 Å². The third kappa shape index (κ3) is 7.68. The van der Waals surface area contributed by atoms with Crippen molar-refractivity contribution in [3.63, 3.8) is 0 Å². The van der Waals surface area contributed by atoms with Gasteiger partial charge in [0, 0.05) is 37.8 Å². The van der Waals surface area contributed by atoms with Crippen LogP contribution in [0.25, 0.3) is 10.8 Å². The lowest BCUT2D eigenvalue weighted by atomic mass is 10.0. The molecular formula is C23H30N2O4. The number of nitrogens with zero attached hydrogens (tertiary/aromatic N) is 1. The zero-order valence-corrected chi connectivity index (χ0v) is 17.0. The van der Waals surface area contributed by atoms with E-state index in [1.807, 2.05) is 0 Å². The van der Waals surface area contributed by atoms with Crippen LogP contribution in [0.5, 0.6) is 0 Å². The fraction of sp³-hybridized carbons (Fsp3) is 0.391. The van der Waals surface area contributed by atoms with Gasteiger partial charge in [0.25, 0.3) is 0 Å². The smallest absolute Gasteiger partial charge is 0.328 e. The monoisotopic (exact) mass is 398 g/mol. The molecule has 0 saturated carbocycles. The van der Waals surface area contributed by atoms with Crippen molar-refractivity contribution >= 4 is 22.7 Å². The third-order valence-electron chi connectivity index (χ3n) is 4.77. The zero-order valence-electron chi connectivity index (χ0n) is 17.0. The number of benzene rings is 2. The molecule has 2 aromatic rings. The van der Waals surface area contributed by atoms with Crippen LogP contribution < -0.4 is 5.32 Å². The first-order valence-electron chi connectivity index (χ1n) is 9.92. The van der Waals surface area contributed by atoms with Gasteiger partial charge in [-0.25, -0.2) is 9.59 Å². The van der Waals surface area contributed by atoms with Gasteiger partial charge in [0.15, 0.2) is 0 Å². The molecule has 3 rings (SSSR count). The molecule has 29 heavy (non-hydrogen) atoms. The van der Waals surface area contributed by atoms with E-state index in [2.05, 4.69) is 66.5 Å². The number of carboxylic acids is 2. The molecule has 1 aliphatic rings. The molecule has 0 bridgehead atoms. The van der Waals surface area contributed by atoms with Crippen molar-refractivity contribution in [2.75, 3.05) is 19.6 Å². The molecule has 0 aliphatic carbocycles. The highest BCUT2D eigenvalue weighted by Crippen LogP contribution is 2.22. The van der Waals surface area contributed by atoms with Crippen molar-refractivity contribution < 1.29 is 19.8 Å². The van der Waals surface area contributed by atoms with E-state index in [-0.39, 0.29) is 0 Å². The van der Waals surface area contributed by atoms with Crippen molar-refractivity contribution in [2.45, 2.75) is 32.9 Å². The molecular weight excluding hydrogens is 368 g/mol. The first-order chi connectivity index (χ1) is 13.9. The predicted molar refractivity (Wildman–Crippen MR) is 115 cm³/mol. The Labute approximate surface area is 171 Å². The maximum atomic E-state index is 9.55. The number of hydrogen-bond donors (Lipinski definition) is 3. The number of hydrogen-bond acceptors (Lipinski definition) is 4. The SMILES string of the molecule is CC(C)CN(Cc1cccc2ccccc12)[C@H]1CCNC1.O=C(O)C=CC(=O)O. The highest BCUT2D eigenvalue weighted by molar-refractivity contribution is 5.89. The summed E-state index contributed by atoms with van der Waals surface area (Å²) in [7, 11) is 0. The van der Waals surface area contributed by atoms with Crippen LogP contribution in [0.15, 0.2) is 54.6 Å². The largest absolute Gasteiger partial charge is 0.478 e. The molecule has 1 heterocycles. The Morgan fingerprint density at radius 1 is 1.10 bits per heavy atom. The van der Waals surface area contributed by atoms with E-state index in [0.717, 1.165) is 19.6 Å². The molecule has 1 fully saturated rings. The molecule has 156 valence electrons. The van der Waals surface area contributed by atoms with Crippen LogP contribution >= 0.6 is 0 Å². The molecule has 6 nitrogen and oxygen atoms in total. The summed E-state index contributed by atoms with van der Waals surface area (Å²) in [6.07, 6.45) is 2.39. The van der Waals surface area contributed by atoms with Crippen LogP contribution in [0.2, 0.25) is 0 Å². The van der Waals surface area contributed by atoms with Crippen LogP contribution in [-0.2, 0) is 16.1 Å². The predicted octanol–water partition coefficient (Wildman–Crippen LogP) is 3.37. The second-order valence-electron chi connectivity index (χ2n) is 7.62. The van der Waals surface area contributed by atoms with E-state index in [1.54, 1.807) is 0 Å². The molecule has 0 spiro atoms. The fourth-order valence-corrected chi connectivity index (χ4v) is 3.55. The molecule has 0 aromatic heterocycles. The van der Waals surface area contributed by atoms with E-state index in [0.29, 0.717) is 24.1 Å². The second-order valence-corrected chi connectivity index (χ2v) is 7.62. The van der Waals surface area contributed by atoms with Gasteiger partial charge in [-0.2, -0.15) is 0 Å². The van der Waals surface area contributed by atoms with Crippen molar-refractivity contribution in [1.82, 2.24) is 10.2 Å². The van der Waals surface area contributed by atoms with Crippen LogP contribution in [-0.4, -0.2) is 52.7 Å². The summed E-state index contributed by atoms with van der Waals surface area (Å²) in [6.45, 7) is 9.17. The Morgan fingerprint density at radius 3 is 2.34 bits per heavy atom. The Hall–Kier alpha value is -2.70. The van der Waals surface area contributed by atoms with Gasteiger partial charge >= 0.3 is 11.9 Å².